The molecule has 1 amide bonds. The Morgan fingerprint density at radius 2 is 1.93 bits per heavy atom. The van der Waals surface area contributed by atoms with Crippen molar-refractivity contribution < 1.29 is 14.5 Å². The van der Waals surface area contributed by atoms with Crippen molar-refractivity contribution in [2.24, 2.45) is 0 Å². The molecule has 1 N–H and O–H groups in total. The molecule has 138 valence electrons. The van der Waals surface area contributed by atoms with Crippen molar-refractivity contribution >= 4 is 28.1 Å². The normalized spacial score (nSPS) is 10.4. The Labute approximate surface area is 159 Å². The number of hydrogen-bond donors (Lipinski definition) is 1. The second-order valence-electron chi connectivity index (χ2n) is 5.90. The van der Waals surface area contributed by atoms with Gasteiger partial charge in [0.25, 0.3) is 11.6 Å². The minimum atomic E-state index is -0.455. The highest BCUT2D eigenvalue weighted by Crippen LogP contribution is 2.27. The molecule has 3 aromatic rings. The van der Waals surface area contributed by atoms with Gasteiger partial charge in [0.05, 0.1) is 10.6 Å². The van der Waals surface area contributed by atoms with Crippen LogP contribution in [-0.2, 0) is 4.79 Å². The average molecular weight is 383 g/mol. The van der Waals surface area contributed by atoms with Crippen LogP contribution in [0.3, 0.4) is 0 Å². The fraction of sp³-hybridized carbons (Fsp3) is 0.158. The molecule has 0 atom stereocenters. The van der Waals surface area contributed by atoms with Crippen molar-refractivity contribution in [3.05, 3.63) is 69.1 Å². The summed E-state index contributed by atoms with van der Waals surface area (Å²) in [7, 11) is 0. The third kappa shape index (κ3) is 4.48. The molecule has 0 saturated heterocycles. The van der Waals surface area contributed by atoms with Gasteiger partial charge in [0.1, 0.15) is 5.75 Å². The third-order valence-electron chi connectivity index (χ3n) is 3.86. The van der Waals surface area contributed by atoms with Crippen LogP contribution in [0, 0.1) is 24.0 Å². The van der Waals surface area contributed by atoms with E-state index in [-0.39, 0.29) is 18.2 Å². The lowest BCUT2D eigenvalue weighted by molar-refractivity contribution is -0.384. The van der Waals surface area contributed by atoms with E-state index in [9.17, 15) is 14.9 Å². The van der Waals surface area contributed by atoms with E-state index in [1.807, 2.05) is 32.0 Å². The minimum absolute atomic E-state index is 0.00640. The van der Waals surface area contributed by atoms with Crippen LogP contribution in [-0.4, -0.2) is 22.4 Å². The van der Waals surface area contributed by atoms with Gasteiger partial charge < -0.3 is 4.74 Å². The van der Waals surface area contributed by atoms with Crippen molar-refractivity contribution in [1.82, 2.24) is 4.98 Å². The molecule has 0 saturated carbocycles. The molecule has 3 rings (SSSR count). The molecule has 0 unspecified atom stereocenters. The summed E-state index contributed by atoms with van der Waals surface area (Å²) in [6.07, 6.45) is 0. The monoisotopic (exact) mass is 383 g/mol. The summed E-state index contributed by atoms with van der Waals surface area (Å²) < 4.78 is 5.62. The van der Waals surface area contributed by atoms with Gasteiger partial charge in [-0.25, -0.2) is 4.98 Å². The lowest BCUT2D eigenvalue weighted by atomic mass is 10.1. The van der Waals surface area contributed by atoms with Gasteiger partial charge in [-0.1, -0.05) is 30.3 Å². The number of carbonyl (C=O) groups is 1. The van der Waals surface area contributed by atoms with Crippen LogP contribution in [0.5, 0.6) is 5.75 Å². The molecule has 0 aliphatic heterocycles. The maximum Gasteiger partial charge on any atom is 0.270 e. The quantitative estimate of drug-likeness (QED) is 0.504. The fourth-order valence-electron chi connectivity index (χ4n) is 2.56. The summed E-state index contributed by atoms with van der Waals surface area (Å²) in [5.41, 5.74) is 3.10. The molecule has 0 fully saturated rings. The lowest BCUT2D eigenvalue weighted by Crippen LogP contribution is -2.20. The van der Waals surface area contributed by atoms with Gasteiger partial charge in [-0.05, 0) is 25.0 Å². The highest BCUT2D eigenvalue weighted by atomic mass is 32.1. The largest absolute Gasteiger partial charge is 0.483 e. The summed E-state index contributed by atoms with van der Waals surface area (Å²) in [5.74, 6) is 0.377. The number of rotatable bonds is 6. The number of aromatic nitrogens is 1. The van der Waals surface area contributed by atoms with Gasteiger partial charge in [-0.3, -0.25) is 20.2 Å². The van der Waals surface area contributed by atoms with Gasteiger partial charge in [0.15, 0.2) is 11.7 Å². The van der Waals surface area contributed by atoms with Crippen LogP contribution >= 0.6 is 11.3 Å². The molecule has 0 aliphatic carbocycles. The number of anilines is 1. The van der Waals surface area contributed by atoms with E-state index in [0.717, 1.165) is 11.1 Å². The topological polar surface area (TPSA) is 94.4 Å². The standard InChI is InChI=1S/C19H17N3O4S/c1-12-5-3-6-13(2)18(12)26-10-17(23)21-19-20-16(11-27-19)14-7-4-8-15(9-14)22(24)25/h3-9,11H,10H2,1-2H3,(H,20,21,23). The Hall–Kier alpha value is -3.26. The molecule has 0 aliphatic rings. The number of thiazole rings is 1. The molecule has 0 spiro atoms. The van der Waals surface area contributed by atoms with Crippen LogP contribution in [0.4, 0.5) is 10.8 Å². The fourth-order valence-corrected chi connectivity index (χ4v) is 3.30. The molecule has 8 heteroatoms. The first-order valence-electron chi connectivity index (χ1n) is 8.13. The van der Waals surface area contributed by atoms with Gasteiger partial charge in [0.2, 0.25) is 0 Å². The summed E-state index contributed by atoms with van der Waals surface area (Å²) in [6.45, 7) is 3.72. The summed E-state index contributed by atoms with van der Waals surface area (Å²) in [6, 6.07) is 12.0. The maximum absolute atomic E-state index is 12.1. The molecule has 1 heterocycles. The van der Waals surface area contributed by atoms with Crippen molar-refractivity contribution in [3.63, 3.8) is 0 Å². The van der Waals surface area contributed by atoms with Crippen molar-refractivity contribution in [2.45, 2.75) is 13.8 Å². The molecular formula is C19H17N3O4S. The predicted molar refractivity (Wildman–Crippen MR) is 104 cm³/mol. The van der Waals surface area contributed by atoms with Gasteiger partial charge in [-0.2, -0.15) is 0 Å². The van der Waals surface area contributed by atoms with E-state index < -0.39 is 4.92 Å². The highest BCUT2D eigenvalue weighted by molar-refractivity contribution is 7.14. The van der Waals surface area contributed by atoms with E-state index >= 15 is 0 Å². The van der Waals surface area contributed by atoms with Crippen LogP contribution < -0.4 is 10.1 Å². The van der Waals surface area contributed by atoms with E-state index in [0.29, 0.717) is 22.1 Å². The third-order valence-corrected chi connectivity index (χ3v) is 4.62. The van der Waals surface area contributed by atoms with Gasteiger partial charge >= 0.3 is 0 Å². The van der Waals surface area contributed by atoms with Crippen molar-refractivity contribution in [3.8, 4) is 17.0 Å². The summed E-state index contributed by atoms with van der Waals surface area (Å²) in [4.78, 5) is 26.9. The Morgan fingerprint density at radius 1 is 1.22 bits per heavy atom. The molecule has 27 heavy (non-hydrogen) atoms. The number of non-ortho nitro benzene ring substituents is 1. The molecular weight excluding hydrogens is 366 g/mol. The smallest absolute Gasteiger partial charge is 0.270 e. The molecule has 0 radical (unpaired) electrons. The van der Waals surface area contributed by atoms with Crippen LogP contribution in [0.2, 0.25) is 0 Å². The summed E-state index contributed by atoms with van der Waals surface area (Å²) >= 11 is 1.25. The minimum Gasteiger partial charge on any atom is -0.483 e. The number of hydrogen-bond acceptors (Lipinski definition) is 6. The molecule has 0 bridgehead atoms. The lowest BCUT2D eigenvalue weighted by Gasteiger charge is -2.11. The zero-order valence-corrected chi connectivity index (χ0v) is 15.6. The van der Waals surface area contributed by atoms with Crippen LogP contribution in [0.1, 0.15) is 11.1 Å². The van der Waals surface area contributed by atoms with E-state index in [2.05, 4.69) is 10.3 Å². The zero-order valence-electron chi connectivity index (χ0n) is 14.8. The van der Waals surface area contributed by atoms with Crippen LogP contribution in [0.25, 0.3) is 11.3 Å². The first-order chi connectivity index (χ1) is 12.9. The predicted octanol–water partition coefficient (Wildman–Crippen LogP) is 4.35. The second-order valence-corrected chi connectivity index (χ2v) is 6.76. The number of amides is 1. The number of nitrogens with one attached hydrogen (secondary N) is 1. The Bertz CT molecular complexity index is 980. The Morgan fingerprint density at radius 3 is 2.63 bits per heavy atom. The second kappa shape index (κ2) is 7.96. The van der Waals surface area contributed by atoms with Crippen molar-refractivity contribution in [2.75, 3.05) is 11.9 Å². The number of nitro benzene ring substituents is 1. The molecule has 1 aromatic heterocycles. The Balaban J connectivity index is 1.64. The number of nitro groups is 1. The Kier molecular flexibility index (Phi) is 5.46. The number of para-hydroxylation sites is 1. The number of benzene rings is 2. The average Bonchev–Trinajstić information content (AvgIpc) is 3.10. The SMILES string of the molecule is Cc1cccc(C)c1OCC(=O)Nc1nc(-c2cccc([N+](=O)[O-])c2)cs1. The number of carbonyl (C=O) groups excluding carboxylic acids is 1. The van der Waals surface area contributed by atoms with E-state index in [4.69, 9.17) is 4.74 Å². The van der Waals surface area contributed by atoms with Gasteiger partial charge in [-0.15, -0.1) is 11.3 Å². The maximum atomic E-state index is 12.1. The first-order valence-corrected chi connectivity index (χ1v) is 9.01. The van der Waals surface area contributed by atoms with E-state index in [1.165, 1.54) is 23.5 Å². The first kappa shape index (κ1) is 18.5. The van der Waals surface area contributed by atoms with Gasteiger partial charge in [0, 0.05) is 23.1 Å². The molecule has 7 nitrogen and oxygen atoms in total. The number of ether oxygens (including phenoxy) is 1. The van der Waals surface area contributed by atoms with Crippen molar-refractivity contribution in [1.29, 1.82) is 0 Å². The number of nitrogens with zero attached hydrogens (tertiary/aromatic N) is 2. The molecule has 2 aromatic carbocycles. The zero-order chi connectivity index (χ0) is 19.4. The highest BCUT2D eigenvalue weighted by Gasteiger charge is 2.12. The van der Waals surface area contributed by atoms with E-state index in [1.54, 1.807) is 17.5 Å². The summed E-state index contributed by atoms with van der Waals surface area (Å²) in [5, 5.41) is 15.7. The number of aryl methyl sites for hydroxylation is 2. The van der Waals surface area contributed by atoms with Crippen LogP contribution in [0.15, 0.2) is 47.8 Å².